The van der Waals surface area contributed by atoms with E-state index in [0.717, 1.165) is 42.6 Å². The number of rotatable bonds is 11. The Morgan fingerprint density at radius 3 is 1.43 bits per heavy atom. The Bertz CT molecular complexity index is 2850. The van der Waals surface area contributed by atoms with Crippen molar-refractivity contribution in [1.29, 1.82) is 0 Å². The number of carbonyl (C=O) groups excluding carboxylic acids is 2. The number of nitrogens with zero attached hydrogens (tertiary/aromatic N) is 2. The summed E-state index contributed by atoms with van der Waals surface area (Å²) in [7, 11) is 0. The van der Waals surface area contributed by atoms with Crippen LogP contribution in [0.5, 0.6) is 11.5 Å². The SMILES string of the molecule is Cc1ccc2nc(-c3ccc(N)cc3)sc2c1.Cc1ccc2nc(-c3ccc(NC(=O)c4ccc(OCCC(F)(F)F)cc4)cc3)sc2c1.O=C(Cl)c1ccc(OCCC(F)(F)F)cc1. The first-order chi connectivity index (χ1) is 30.9. The van der Waals surface area contributed by atoms with Crippen LogP contribution in [0.3, 0.4) is 0 Å². The van der Waals surface area contributed by atoms with Gasteiger partial charge in [-0.25, -0.2) is 9.97 Å². The number of carbonyl (C=O) groups is 2. The smallest absolute Gasteiger partial charge is 0.392 e. The molecule has 0 aliphatic carbocycles. The van der Waals surface area contributed by atoms with Crippen LogP contribution in [0.25, 0.3) is 41.6 Å². The van der Waals surface area contributed by atoms with Gasteiger partial charge in [0.15, 0.2) is 0 Å². The summed E-state index contributed by atoms with van der Waals surface area (Å²) in [6.45, 7) is 3.24. The van der Waals surface area contributed by atoms with E-state index in [2.05, 4.69) is 46.5 Å². The molecule has 2 aromatic heterocycles. The number of alkyl halides is 6. The fourth-order valence-electron chi connectivity index (χ4n) is 5.79. The number of nitrogens with two attached hydrogens (primary N) is 1. The lowest BCUT2D eigenvalue weighted by atomic mass is 10.2. The molecule has 0 spiro atoms. The maximum atomic E-state index is 12.5. The topological polar surface area (TPSA) is 116 Å². The Labute approximate surface area is 382 Å². The molecule has 2 heterocycles. The fourth-order valence-corrected chi connectivity index (χ4v) is 8.05. The van der Waals surface area contributed by atoms with Crippen LogP contribution in [0, 0.1) is 13.8 Å². The summed E-state index contributed by atoms with van der Waals surface area (Å²) in [5.41, 5.74) is 14.3. The van der Waals surface area contributed by atoms with E-state index in [-0.39, 0.29) is 23.0 Å². The van der Waals surface area contributed by atoms with Gasteiger partial charge in [0.05, 0.1) is 46.5 Å². The van der Waals surface area contributed by atoms with Crippen molar-refractivity contribution in [3.63, 3.8) is 0 Å². The number of nitrogens with one attached hydrogen (secondary N) is 1. The zero-order valence-corrected chi connectivity index (χ0v) is 37.0. The zero-order valence-electron chi connectivity index (χ0n) is 34.6. The first kappa shape index (κ1) is 48.0. The molecule has 0 radical (unpaired) electrons. The summed E-state index contributed by atoms with van der Waals surface area (Å²) in [5.74, 6) is 0.224. The number of aromatic nitrogens is 2. The van der Waals surface area contributed by atoms with Crippen LogP contribution in [0.15, 0.2) is 133 Å². The molecule has 0 aliphatic rings. The third kappa shape index (κ3) is 14.8. The average molecular weight is 949 g/mol. The lowest BCUT2D eigenvalue weighted by molar-refractivity contribution is -0.140. The van der Waals surface area contributed by atoms with Crippen molar-refractivity contribution in [2.45, 2.75) is 39.0 Å². The van der Waals surface area contributed by atoms with Crippen LogP contribution in [0.1, 0.15) is 44.7 Å². The first-order valence-electron chi connectivity index (χ1n) is 19.7. The monoisotopic (exact) mass is 948 g/mol. The lowest BCUT2D eigenvalue weighted by Crippen LogP contribution is -2.13. The van der Waals surface area contributed by atoms with E-state index < -0.39 is 43.7 Å². The van der Waals surface area contributed by atoms with Crippen molar-refractivity contribution in [2.75, 3.05) is 24.3 Å². The van der Waals surface area contributed by atoms with Crippen molar-refractivity contribution in [3.05, 3.63) is 156 Å². The van der Waals surface area contributed by atoms with Gasteiger partial charge in [-0.05, 0) is 158 Å². The number of amides is 1. The highest BCUT2D eigenvalue weighted by molar-refractivity contribution is 7.22. The molecule has 0 atom stereocenters. The number of thiazole rings is 2. The maximum Gasteiger partial charge on any atom is 0.392 e. The Kier molecular flexibility index (Phi) is 15.8. The molecular formula is C48H39ClF6N4O4S2. The first-order valence-corrected chi connectivity index (χ1v) is 21.7. The molecule has 8 rings (SSSR count). The van der Waals surface area contributed by atoms with Crippen molar-refractivity contribution in [2.24, 2.45) is 0 Å². The van der Waals surface area contributed by atoms with Crippen LogP contribution in [0.4, 0.5) is 37.7 Å². The Morgan fingerprint density at radius 1 is 0.600 bits per heavy atom. The molecule has 0 fully saturated rings. The molecule has 0 saturated heterocycles. The second kappa shape index (κ2) is 21.5. The predicted octanol–water partition coefficient (Wildman–Crippen LogP) is 14.1. The van der Waals surface area contributed by atoms with Gasteiger partial charge in [0.1, 0.15) is 21.5 Å². The van der Waals surface area contributed by atoms with E-state index in [0.29, 0.717) is 11.3 Å². The number of anilines is 2. The van der Waals surface area contributed by atoms with Gasteiger partial charge >= 0.3 is 12.4 Å². The highest BCUT2D eigenvalue weighted by Crippen LogP contribution is 2.33. The van der Waals surface area contributed by atoms with Crippen LogP contribution < -0.4 is 20.5 Å². The van der Waals surface area contributed by atoms with Gasteiger partial charge in [0, 0.05) is 33.6 Å². The van der Waals surface area contributed by atoms with E-state index >= 15 is 0 Å². The van der Waals surface area contributed by atoms with Crippen molar-refractivity contribution >= 4 is 77.2 Å². The predicted molar refractivity (Wildman–Crippen MR) is 247 cm³/mol. The van der Waals surface area contributed by atoms with Gasteiger partial charge in [0.25, 0.3) is 11.1 Å². The standard InChI is InChI=1S/C24H19F3N2O2S.C14H12N2S.C10H8ClF3O2/c1-15-2-11-20-21(14-15)32-23(29-20)17-3-7-18(8-4-17)28-22(30)16-5-9-19(10-6-16)31-13-12-24(25,26)27;1-9-2-7-12-13(8-9)17-14(16-12)10-3-5-11(15)6-4-10;11-9(15)7-1-3-8(4-2-7)16-6-5-10(12,13)14/h2-11,14H,12-13H2,1H3,(H,28,30);2-8H,15H2,1H3;1-4H,5-6H2. The van der Waals surface area contributed by atoms with E-state index in [1.54, 1.807) is 34.8 Å². The average Bonchev–Trinajstić information content (AvgIpc) is 3.88. The van der Waals surface area contributed by atoms with Gasteiger partial charge in [-0.15, -0.1) is 22.7 Å². The number of halogens is 7. The van der Waals surface area contributed by atoms with Gasteiger partial charge in [-0.2, -0.15) is 26.3 Å². The summed E-state index contributed by atoms with van der Waals surface area (Å²) in [6, 6.07) is 39.3. The molecule has 65 heavy (non-hydrogen) atoms. The highest BCUT2D eigenvalue weighted by Gasteiger charge is 2.27. The minimum atomic E-state index is -4.26. The van der Waals surface area contributed by atoms with E-state index in [1.165, 1.54) is 64.4 Å². The minimum absolute atomic E-state index is 0.268. The summed E-state index contributed by atoms with van der Waals surface area (Å²) in [6.07, 6.45) is -10.5. The molecule has 8 nitrogen and oxygen atoms in total. The molecule has 1 amide bonds. The van der Waals surface area contributed by atoms with Crippen molar-refractivity contribution in [1.82, 2.24) is 9.97 Å². The molecule has 17 heteroatoms. The quantitative estimate of drug-likeness (QED) is 0.0753. The molecule has 0 saturated carbocycles. The number of ether oxygens (including phenoxy) is 2. The van der Waals surface area contributed by atoms with Crippen molar-refractivity contribution in [3.8, 4) is 32.6 Å². The molecule has 0 aliphatic heterocycles. The largest absolute Gasteiger partial charge is 0.493 e. The number of nitrogen functional groups attached to an aromatic ring is 1. The molecular weight excluding hydrogens is 910 g/mol. The van der Waals surface area contributed by atoms with Gasteiger partial charge in [-0.3, -0.25) is 9.59 Å². The normalized spacial score (nSPS) is 11.3. The molecule has 336 valence electrons. The van der Waals surface area contributed by atoms with Crippen LogP contribution in [0.2, 0.25) is 0 Å². The minimum Gasteiger partial charge on any atom is -0.493 e. The summed E-state index contributed by atoms with van der Waals surface area (Å²) in [4.78, 5) is 32.4. The summed E-state index contributed by atoms with van der Waals surface area (Å²) in [5, 5.41) is 4.14. The maximum absolute atomic E-state index is 12.5. The van der Waals surface area contributed by atoms with Gasteiger partial charge in [0.2, 0.25) is 0 Å². The number of hydrogen-bond donors (Lipinski definition) is 2. The third-order valence-corrected chi connectivity index (χ3v) is 11.5. The lowest BCUT2D eigenvalue weighted by Gasteiger charge is -2.09. The van der Waals surface area contributed by atoms with Crippen LogP contribution >= 0.6 is 34.3 Å². The number of aryl methyl sites for hydroxylation is 2. The number of benzene rings is 6. The Balaban J connectivity index is 0.000000178. The highest BCUT2D eigenvalue weighted by atomic mass is 35.5. The molecule has 8 aromatic rings. The molecule has 6 aromatic carbocycles. The summed E-state index contributed by atoms with van der Waals surface area (Å²) >= 11 is 8.53. The van der Waals surface area contributed by atoms with Crippen molar-refractivity contribution < 1.29 is 45.4 Å². The van der Waals surface area contributed by atoms with Gasteiger partial charge in [-0.1, -0.05) is 12.1 Å². The van der Waals surface area contributed by atoms with Crippen LogP contribution in [-0.4, -0.2) is 46.7 Å². The van der Waals surface area contributed by atoms with Crippen LogP contribution in [-0.2, 0) is 0 Å². The number of fused-ring (bicyclic) bond motifs is 2. The van der Waals surface area contributed by atoms with E-state index in [1.807, 2.05) is 55.5 Å². The van der Waals surface area contributed by atoms with E-state index in [4.69, 9.17) is 26.8 Å². The molecule has 0 bridgehead atoms. The molecule has 3 N–H and O–H groups in total. The van der Waals surface area contributed by atoms with E-state index in [9.17, 15) is 35.9 Å². The Hall–Kier alpha value is -6.49. The second-order valence-corrected chi connectivity index (χ2v) is 16.8. The third-order valence-electron chi connectivity index (χ3n) is 9.14. The summed E-state index contributed by atoms with van der Waals surface area (Å²) < 4.78 is 84.2. The van der Waals surface area contributed by atoms with Gasteiger partial charge < -0.3 is 20.5 Å². The number of hydrogen-bond acceptors (Lipinski definition) is 9. The zero-order chi connectivity index (χ0) is 46.7. The second-order valence-electron chi connectivity index (χ2n) is 14.4. The fraction of sp³-hybridized carbons (Fsp3) is 0.167. The molecule has 0 unspecified atom stereocenters. The Morgan fingerprint density at radius 2 is 1.02 bits per heavy atom.